The fourth-order valence-electron chi connectivity index (χ4n) is 3.79. The van der Waals surface area contributed by atoms with Gasteiger partial charge in [-0.3, -0.25) is 4.79 Å². The Hall–Kier alpha value is -3.49. The van der Waals surface area contributed by atoms with E-state index in [2.05, 4.69) is 14.9 Å². The lowest BCUT2D eigenvalue weighted by molar-refractivity contribution is 0.0695. The van der Waals surface area contributed by atoms with Crippen molar-refractivity contribution in [2.75, 3.05) is 36.0 Å². The summed E-state index contributed by atoms with van der Waals surface area (Å²) < 4.78 is 16.6. The molecule has 1 saturated heterocycles. The average Bonchev–Trinajstić information content (AvgIpc) is 2.74. The summed E-state index contributed by atoms with van der Waals surface area (Å²) in [7, 11) is 0. The summed E-state index contributed by atoms with van der Waals surface area (Å²) in [5.74, 6) is -1.19. The molecule has 0 bridgehead atoms. The smallest absolute Gasteiger partial charge is 0.341 e. The monoisotopic (exact) mass is 411 g/mol. The number of nitrogens with zero attached hydrogens (tertiary/aromatic N) is 5. The quantitative estimate of drug-likeness (QED) is 0.704. The standard InChI is InChI=1S/C21H22FN5O3/c1-3-25-12-15(20(29)30)19(28)14-10-16(22)18(11-17(14)25)26-6-8-27(9-7-26)21-23-5-4-13(2)24-21/h4-5,10-12H,3,6-9H2,1-2H3,(H,29,30). The molecule has 156 valence electrons. The van der Waals surface area contributed by atoms with Gasteiger partial charge in [0.05, 0.1) is 11.2 Å². The number of pyridine rings is 1. The SMILES string of the molecule is CCn1cc(C(=O)O)c(=O)c2cc(F)c(N3CCN(c4nccc(C)n4)CC3)cc21. The number of rotatable bonds is 4. The molecule has 0 unspecified atom stereocenters. The van der Waals surface area contributed by atoms with Gasteiger partial charge in [0.1, 0.15) is 11.4 Å². The van der Waals surface area contributed by atoms with Crippen LogP contribution in [0.4, 0.5) is 16.0 Å². The first-order valence-corrected chi connectivity index (χ1v) is 9.78. The largest absolute Gasteiger partial charge is 0.477 e. The molecule has 1 aliphatic rings. The van der Waals surface area contributed by atoms with Crippen LogP contribution in [0.15, 0.2) is 35.4 Å². The molecule has 4 rings (SSSR count). The Balaban J connectivity index is 1.67. The maximum Gasteiger partial charge on any atom is 0.341 e. The highest BCUT2D eigenvalue weighted by Crippen LogP contribution is 2.27. The number of hydrogen-bond donors (Lipinski definition) is 1. The number of carboxylic acid groups (broad SMARTS) is 1. The van der Waals surface area contributed by atoms with Gasteiger partial charge in [-0.2, -0.15) is 0 Å². The summed E-state index contributed by atoms with van der Waals surface area (Å²) in [5.41, 5.74) is 0.781. The lowest BCUT2D eigenvalue weighted by Crippen LogP contribution is -2.47. The molecule has 0 atom stereocenters. The van der Waals surface area contributed by atoms with E-state index in [1.165, 1.54) is 6.20 Å². The molecule has 30 heavy (non-hydrogen) atoms. The second-order valence-electron chi connectivity index (χ2n) is 7.26. The number of fused-ring (bicyclic) bond motifs is 1. The van der Waals surface area contributed by atoms with E-state index in [1.54, 1.807) is 16.8 Å². The molecule has 1 N–H and O–H groups in total. The van der Waals surface area contributed by atoms with Gasteiger partial charge >= 0.3 is 5.97 Å². The Bertz CT molecular complexity index is 1190. The number of piperazine rings is 1. The molecular formula is C21H22FN5O3. The predicted octanol–water partition coefficient (Wildman–Crippen LogP) is 2.28. The van der Waals surface area contributed by atoms with Crippen molar-refractivity contribution in [2.45, 2.75) is 20.4 Å². The number of benzene rings is 1. The third-order valence-corrected chi connectivity index (χ3v) is 5.41. The minimum Gasteiger partial charge on any atom is -0.477 e. The minimum atomic E-state index is -1.32. The Morgan fingerprint density at radius 2 is 1.90 bits per heavy atom. The third kappa shape index (κ3) is 3.47. The van der Waals surface area contributed by atoms with E-state index in [0.29, 0.717) is 49.9 Å². The van der Waals surface area contributed by atoms with Gasteiger partial charge in [-0.1, -0.05) is 0 Å². The maximum absolute atomic E-state index is 15.0. The van der Waals surface area contributed by atoms with E-state index < -0.39 is 17.2 Å². The zero-order valence-corrected chi connectivity index (χ0v) is 16.8. The molecule has 0 saturated carbocycles. The van der Waals surface area contributed by atoms with Gasteiger partial charge in [0.15, 0.2) is 0 Å². The minimum absolute atomic E-state index is 0.0739. The average molecular weight is 411 g/mol. The second-order valence-corrected chi connectivity index (χ2v) is 7.26. The van der Waals surface area contributed by atoms with Crippen molar-refractivity contribution in [3.05, 3.63) is 57.9 Å². The number of aromatic nitrogens is 3. The molecule has 9 heteroatoms. The summed E-state index contributed by atoms with van der Waals surface area (Å²) in [6, 6.07) is 4.63. The van der Waals surface area contributed by atoms with E-state index >= 15 is 0 Å². The van der Waals surface area contributed by atoms with Gasteiger partial charge in [-0.15, -0.1) is 0 Å². The lowest BCUT2D eigenvalue weighted by atomic mass is 10.1. The summed E-state index contributed by atoms with van der Waals surface area (Å²) in [4.78, 5) is 36.6. The number of aryl methyl sites for hydroxylation is 2. The number of halogens is 1. The first-order valence-electron chi connectivity index (χ1n) is 9.78. The van der Waals surface area contributed by atoms with Crippen molar-refractivity contribution in [3.8, 4) is 0 Å². The van der Waals surface area contributed by atoms with Gasteiger partial charge < -0.3 is 19.5 Å². The van der Waals surface area contributed by atoms with E-state index in [1.807, 2.05) is 24.8 Å². The van der Waals surface area contributed by atoms with Crippen LogP contribution < -0.4 is 15.2 Å². The van der Waals surface area contributed by atoms with Gasteiger partial charge in [-0.05, 0) is 32.0 Å². The van der Waals surface area contributed by atoms with E-state index in [-0.39, 0.29) is 10.9 Å². The van der Waals surface area contributed by atoms with E-state index in [4.69, 9.17) is 0 Å². The van der Waals surface area contributed by atoms with E-state index in [0.717, 1.165) is 11.8 Å². The summed E-state index contributed by atoms with van der Waals surface area (Å²) >= 11 is 0. The Morgan fingerprint density at radius 3 is 2.53 bits per heavy atom. The molecule has 0 radical (unpaired) electrons. The predicted molar refractivity (Wildman–Crippen MR) is 112 cm³/mol. The Morgan fingerprint density at radius 1 is 1.20 bits per heavy atom. The van der Waals surface area contributed by atoms with Crippen LogP contribution in [-0.2, 0) is 6.54 Å². The summed E-state index contributed by atoms with van der Waals surface area (Å²) in [6.45, 7) is 6.64. The first-order chi connectivity index (χ1) is 14.4. The molecule has 1 aromatic carbocycles. The van der Waals surface area contributed by atoms with Gasteiger partial charge in [-0.25, -0.2) is 19.2 Å². The summed E-state index contributed by atoms with van der Waals surface area (Å²) in [6.07, 6.45) is 3.05. The van der Waals surface area contributed by atoms with Crippen LogP contribution >= 0.6 is 0 Å². The van der Waals surface area contributed by atoms with Crippen LogP contribution in [0.1, 0.15) is 23.0 Å². The van der Waals surface area contributed by atoms with Gasteiger partial charge in [0, 0.05) is 56.2 Å². The molecular weight excluding hydrogens is 389 g/mol. The molecule has 8 nitrogen and oxygen atoms in total. The Labute approximate surface area is 172 Å². The van der Waals surface area contributed by atoms with Crippen molar-refractivity contribution < 1.29 is 14.3 Å². The Kier molecular flexibility index (Phi) is 5.11. The van der Waals surface area contributed by atoms with Crippen molar-refractivity contribution in [2.24, 2.45) is 0 Å². The van der Waals surface area contributed by atoms with Crippen LogP contribution in [0.5, 0.6) is 0 Å². The number of hydrogen-bond acceptors (Lipinski definition) is 6. The molecule has 2 aromatic heterocycles. The fourth-order valence-corrected chi connectivity index (χ4v) is 3.79. The third-order valence-electron chi connectivity index (χ3n) is 5.41. The summed E-state index contributed by atoms with van der Waals surface area (Å²) in [5, 5.41) is 9.35. The van der Waals surface area contributed by atoms with Crippen LogP contribution in [0.25, 0.3) is 10.9 Å². The van der Waals surface area contributed by atoms with Crippen molar-refractivity contribution in [3.63, 3.8) is 0 Å². The van der Waals surface area contributed by atoms with Gasteiger partial charge in [0.2, 0.25) is 11.4 Å². The maximum atomic E-state index is 15.0. The molecule has 3 heterocycles. The molecule has 0 spiro atoms. The van der Waals surface area contributed by atoms with Crippen LogP contribution in [0.2, 0.25) is 0 Å². The molecule has 1 aliphatic heterocycles. The van der Waals surface area contributed by atoms with Crippen molar-refractivity contribution in [1.29, 1.82) is 0 Å². The zero-order chi connectivity index (χ0) is 21.4. The topological polar surface area (TPSA) is 91.6 Å². The highest BCUT2D eigenvalue weighted by atomic mass is 19.1. The van der Waals surface area contributed by atoms with Crippen molar-refractivity contribution in [1.82, 2.24) is 14.5 Å². The fraction of sp³-hybridized carbons (Fsp3) is 0.333. The van der Waals surface area contributed by atoms with Gasteiger partial charge in [0.25, 0.3) is 0 Å². The molecule has 1 fully saturated rings. The molecule has 3 aromatic rings. The molecule has 0 aliphatic carbocycles. The second kappa shape index (κ2) is 7.74. The lowest BCUT2D eigenvalue weighted by Gasteiger charge is -2.36. The molecule has 0 amide bonds. The normalized spacial score (nSPS) is 14.4. The first kappa shape index (κ1) is 19.8. The van der Waals surface area contributed by atoms with Crippen molar-refractivity contribution >= 4 is 28.5 Å². The number of carbonyl (C=O) groups is 1. The number of aromatic carboxylic acids is 1. The number of carboxylic acids is 1. The van der Waals surface area contributed by atoms with E-state index in [9.17, 15) is 19.1 Å². The van der Waals surface area contributed by atoms with Crippen LogP contribution in [-0.4, -0.2) is 51.8 Å². The van der Waals surface area contributed by atoms with Crippen LogP contribution in [0.3, 0.4) is 0 Å². The highest BCUT2D eigenvalue weighted by molar-refractivity contribution is 5.93. The number of anilines is 2. The highest BCUT2D eigenvalue weighted by Gasteiger charge is 2.23. The zero-order valence-electron chi connectivity index (χ0n) is 16.8. The van der Waals surface area contributed by atoms with Crippen LogP contribution in [0, 0.1) is 12.7 Å².